The Balaban J connectivity index is 1.20. The van der Waals surface area contributed by atoms with Crippen LogP contribution >= 0.6 is 11.8 Å². The number of carbonyl (C=O) groups excluding carboxylic acids is 1. The minimum atomic E-state index is -0.329. The molecule has 0 spiro atoms. The van der Waals surface area contributed by atoms with Crippen LogP contribution in [0.1, 0.15) is 30.4 Å². The van der Waals surface area contributed by atoms with Crippen LogP contribution in [0.15, 0.2) is 64.2 Å². The topological polar surface area (TPSA) is 80.5 Å². The van der Waals surface area contributed by atoms with Gasteiger partial charge >= 0.3 is 0 Å². The van der Waals surface area contributed by atoms with Gasteiger partial charge in [-0.3, -0.25) is 9.69 Å². The van der Waals surface area contributed by atoms with E-state index in [1.807, 2.05) is 44.2 Å². The zero-order chi connectivity index (χ0) is 22.3. The first-order valence-corrected chi connectivity index (χ1v) is 11.7. The Morgan fingerprint density at radius 1 is 1.22 bits per heavy atom. The molecular weight excluding hydrogens is 424 g/mol. The number of thioether (sulfide) groups is 1. The van der Waals surface area contributed by atoms with Gasteiger partial charge in [0.05, 0.1) is 5.25 Å². The number of rotatable bonds is 9. The van der Waals surface area contributed by atoms with E-state index in [0.29, 0.717) is 11.1 Å². The highest BCUT2D eigenvalue weighted by Crippen LogP contribution is 2.23. The van der Waals surface area contributed by atoms with E-state index in [0.717, 1.165) is 31.8 Å². The second-order valence-corrected chi connectivity index (χ2v) is 9.33. The van der Waals surface area contributed by atoms with Gasteiger partial charge in [-0.05, 0) is 38.0 Å². The molecule has 7 nitrogen and oxygen atoms in total. The van der Waals surface area contributed by atoms with E-state index in [1.165, 1.54) is 22.9 Å². The Kier molecular flexibility index (Phi) is 7.44. The number of benzene rings is 2. The zero-order valence-corrected chi connectivity index (χ0v) is 19.2. The van der Waals surface area contributed by atoms with Gasteiger partial charge < -0.3 is 14.5 Å². The third-order valence-electron chi connectivity index (χ3n) is 5.35. The van der Waals surface area contributed by atoms with Crippen LogP contribution in [0.4, 0.5) is 0 Å². The van der Waals surface area contributed by atoms with Crippen LogP contribution in [-0.4, -0.2) is 45.4 Å². The van der Waals surface area contributed by atoms with Gasteiger partial charge in [0.1, 0.15) is 5.75 Å². The molecule has 0 bridgehead atoms. The Bertz CT molecular complexity index is 1010. The average Bonchev–Trinajstić information content (AvgIpc) is 3.43. The number of aryl methyl sites for hydroxylation is 1. The van der Waals surface area contributed by atoms with Gasteiger partial charge in [0.2, 0.25) is 5.91 Å². The van der Waals surface area contributed by atoms with Crippen molar-refractivity contribution in [1.29, 1.82) is 0 Å². The van der Waals surface area contributed by atoms with Crippen molar-refractivity contribution in [1.82, 2.24) is 20.4 Å². The molecule has 1 amide bonds. The molecule has 8 heteroatoms. The number of nitrogens with one attached hydrogen (secondary N) is 1. The van der Waals surface area contributed by atoms with Crippen molar-refractivity contribution in [3.05, 3.63) is 71.6 Å². The van der Waals surface area contributed by atoms with Crippen LogP contribution in [0.25, 0.3) is 0 Å². The fourth-order valence-corrected chi connectivity index (χ4v) is 4.29. The van der Waals surface area contributed by atoms with Gasteiger partial charge in [-0.1, -0.05) is 59.8 Å². The minimum Gasteiger partial charge on any atom is -0.484 e. The summed E-state index contributed by atoms with van der Waals surface area (Å²) in [5, 5.41) is 11.2. The van der Waals surface area contributed by atoms with Crippen LogP contribution in [0.5, 0.6) is 5.75 Å². The molecule has 2 heterocycles. The second kappa shape index (κ2) is 10.7. The zero-order valence-electron chi connectivity index (χ0n) is 18.4. The van der Waals surface area contributed by atoms with Gasteiger partial charge in [0.25, 0.3) is 11.1 Å². The number of carbonyl (C=O) groups is 1. The number of amides is 1. The fourth-order valence-electron chi connectivity index (χ4n) is 3.58. The summed E-state index contributed by atoms with van der Waals surface area (Å²) in [6.07, 6.45) is 0.955. The molecule has 3 aromatic rings. The largest absolute Gasteiger partial charge is 0.484 e. The van der Waals surface area contributed by atoms with Crippen molar-refractivity contribution in [3.8, 4) is 5.75 Å². The summed E-state index contributed by atoms with van der Waals surface area (Å²) in [6.45, 7) is 6.82. The summed E-state index contributed by atoms with van der Waals surface area (Å²) in [5.41, 5.74) is 2.46. The van der Waals surface area contributed by atoms with E-state index in [2.05, 4.69) is 44.7 Å². The van der Waals surface area contributed by atoms with E-state index in [9.17, 15) is 4.79 Å². The molecule has 1 N–H and O–H groups in total. The Morgan fingerprint density at radius 3 is 2.78 bits per heavy atom. The molecular formula is C24H28N4O3S. The highest BCUT2D eigenvalue weighted by atomic mass is 32.2. The van der Waals surface area contributed by atoms with Gasteiger partial charge in [0, 0.05) is 25.7 Å². The van der Waals surface area contributed by atoms with E-state index in [1.54, 1.807) is 0 Å². The lowest BCUT2D eigenvalue weighted by molar-refractivity contribution is -0.120. The molecule has 1 aliphatic rings. The van der Waals surface area contributed by atoms with Crippen molar-refractivity contribution < 1.29 is 13.9 Å². The molecule has 0 unspecified atom stereocenters. The van der Waals surface area contributed by atoms with Crippen molar-refractivity contribution in [2.24, 2.45) is 0 Å². The molecule has 1 aromatic heterocycles. The van der Waals surface area contributed by atoms with E-state index in [-0.39, 0.29) is 23.8 Å². The number of nitrogens with zero attached hydrogens (tertiary/aromatic N) is 3. The fraction of sp³-hybridized carbons (Fsp3) is 0.375. The maximum Gasteiger partial charge on any atom is 0.277 e. The van der Waals surface area contributed by atoms with Crippen LogP contribution in [0, 0.1) is 6.92 Å². The molecule has 1 fully saturated rings. The van der Waals surface area contributed by atoms with Crippen molar-refractivity contribution in [2.75, 3.05) is 13.1 Å². The van der Waals surface area contributed by atoms with Crippen molar-refractivity contribution in [2.45, 2.75) is 49.9 Å². The molecule has 32 heavy (non-hydrogen) atoms. The molecule has 1 saturated heterocycles. The summed E-state index contributed by atoms with van der Waals surface area (Å²) < 4.78 is 11.3. The third kappa shape index (κ3) is 6.34. The Hall–Kier alpha value is -2.84. The molecule has 0 radical (unpaired) electrons. The van der Waals surface area contributed by atoms with Crippen LogP contribution in [0.2, 0.25) is 0 Å². The van der Waals surface area contributed by atoms with E-state index in [4.69, 9.17) is 9.15 Å². The van der Waals surface area contributed by atoms with Gasteiger partial charge in [-0.15, -0.1) is 10.2 Å². The Morgan fingerprint density at radius 2 is 2.00 bits per heavy atom. The molecule has 2 aromatic carbocycles. The van der Waals surface area contributed by atoms with Crippen LogP contribution < -0.4 is 10.1 Å². The average molecular weight is 453 g/mol. The maximum absolute atomic E-state index is 12.6. The van der Waals surface area contributed by atoms with E-state index < -0.39 is 0 Å². The van der Waals surface area contributed by atoms with Gasteiger partial charge in [-0.2, -0.15) is 0 Å². The lowest BCUT2D eigenvalue weighted by atomic mass is 10.2. The highest BCUT2D eigenvalue weighted by molar-refractivity contribution is 8.00. The first-order valence-electron chi connectivity index (χ1n) is 10.8. The molecule has 4 rings (SSSR count). The van der Waals surface area contributed by atoms with Crippen LogP contribution in [0.3, 0.4) is 0 Å². The summed E-state index contributed by atoms with van der Waals surface area (Å²) in [6, 6.07) is 18.3. The highest BCUT2D eigenvalue weighted by Gasteiger charge is 2.26. The quantitative estimate of drug-likeness (QED) is 0.494. The monoisotopic (exact) mass is 452 g/mol. The van der Waals surface area contributed by atoms with Gasteiger partial charge in [-0.25, -0.2) is 0 Å². The molecule has 168 valence electrons. The number of ether oxygens (including phenoxy) is 1. The summed E-state index contributed by atoms with van der Waals surface area (Å²) >= 11 is 1.26. The second-order valence-electron chi connectivity index (χ2n) is 8.04. The first kappa shape index (κ1) is 22.4. The standard InChI is InChI=1S/C24H28N4O3S/c1-17-8-10-21(11-9-17)30-16-22-26-27-24(31-22)32-18(2)23(29)25-20-12-13-28(15-20)14-19-6-4-3-5-7-19/h3-11,18,20H,12-16H2,1-2H3,(H,25,29)/t18-,20-/m0/s1. The Labute approximate surface area is 192 Å². The summed E-state index contributed by atoms with van der Waals surface area (Å²) in [4.78, 5) is 15.0. The van der Waals surface area contributed by atoms with E-state index >= 15 is 0 Å². The first-order chi connectivity index (χ1) is 15.5. The predicted molar refractivity (Wildman–Crippen MR) is 123 cm³/mol. The summed E-state index contributed by atoms with van der Waals surface area (Å²) in [5.74, 6) is 1.11. The molecule has 0 saturated carbocycles. The number of likely N-dealkylation sites (tertiary alicyclic amines) is 1. The molecule has 1 aliphatic heterocycles. The number of aromatic nitrogens is 2. The predicted octanol–water partition coefficient (Wildman–Crippen LogP) is 3.83. The molecule has 2 atom stereocenters. The van der Waals surface area contributed by atoms with Crippen LogP contribution in [-0.2, 0) is 17.9 Å². The van der Waals surface area contributed by atoms with Gasteiger partial charge in [0.15, 0.2) is 6.61 Å². The van der Waals surface area contributed by atoms with Crippen molar-refractivity contribution in [3.63, 3.8) is 0 Å². The molecule has 0 aliphatic carbocycles. The lowest BCUT2D eigenvalue weighted by Crippen LogP contribution is -2.40. The minimum absolute atomic E-state index is 0.0165. The summed E-state index contributed by atoms with van der Waals surface area (Å²) in [7, 11) is 0. The lowest BCUT2D eigenvalue weighted by Gasteiger charge is -2.18. The normalized spacial score (nSPS) is 17.2. The number of hydrogen-bond acceptors (Lipinski definition) is 7. The SMILES string of the molecule is Cc1ccc(OCc2nnc(S[C@@H](C)C(=O)N[C@H]3CCN(Cc4ccccc4)C3)o2)cc1. The third-order valence-corrected chi connectivity index (χ3v) is 6.28. The van der Waals surface area contributed by atoms with Crippen molar-refractivity contribution >= 4 is 17.7 Å². The maximum atomic E-state index is 12.6. The smallest absolute Gasteiger partial charge is 0.277 e. The number of hydrogen-bond donors (Lipinski definition) is 1.